The number of ether oxygens (including phenoxy) is 1. The van der Waals surface area contributed by atoms with E-state index in [-0.39, 0.29) is 12.5 Å². The van der Waals surface area contributed by atoms with Crippen LogP contribution in [0.2, 0.25) is 5.02 Å². The molecule has 2 aromatic carbocycles. The zero-order chi connectivity index (χ0) is 22.1. The maximum Gasteiger partial charge on any atom is 0.262 e. The fourth-order valence-electron chi connectivity index (χ4n) is 2.50. The van der Waals surface area contributed by atoms with E-state index in [2.05, 4.69) is 37.7 Å². The SMILES string of the molecule is C#CCOc1ccc(Br)cc1C=NNC(=O)C(NC(=O)c1cccc(Cl)c1)C(C)C. The second-order valence-corrected chi connectivity index (χ2v) is 7.97. The second-order valence-electron chi connectivity index (χ2n) is 6.61. The number of nitrogens with zero attached hydrogens (tertiary/aromatic N) is 1. The lowest BCUT2D eigenvalue weighted by Crippen LogP contribution is -2.48. The molecule has 0 spiro atoms. The van der Waals surface area contributed by atoms with Crippen LogP contribution in [0.4, 0.5) is 0 Å². The summed E-state index contributed by atoms with van der Waals surface area (Å²) >= 11 is 9.31. The van der Waals surface area contributed by atoms with Crippen molar-refractivity contribution >= 4 is 45.6 Å². The number of carbonyl (C=O) groups excluding carboxylic acids is 2. The lowest BCUT2D eigenvalue weighted by Gasteiger charge is -2.20. The second kappa shape index (κ2) is 11.4. The zero-order valence-corrected chi connectivity index (χ0v) is 18.8. The monoisotopic (exact) mass is 489 g/mol. The van der Waals surface area contributed by atoms with Crippen LogP contribution in [0.15, 0.2) is 52.0 Å². The van der Waals surface area contributed by atoms with E-state index in [1.54, 1.807) is 30.3 Å². The van der Waals surface area contributed by atoms with Gasteiger partial charge in [0.15, 0.2) is 0 Å². The van der Waals surface area contributed by atoms with Crippen LogP contribution in [0, 0.1) is 18.3 Å². The molecule has 0 fully saturated rings. The first-order chi connectivity index (χ1) is 14.3. The van der Waals surface area contributed by atoms with Crippen LogP contribution in [-0.2, 0) is 4.79 Å². The first-order valence-corrected chi connectivity index (χ1v) is 10.2. The van der Waals surface area contributed by atoms with Gasteiger partial charge in [-0.2, -0.15) is 5.10 Å². The summed E-state index contributed by atoms with van der Waals surface area (Å²) in [6.07, 6.45) is 6.68. The molecular weight excluding hydrogens is 470 g/mol. The Bertz CT molecular complexity index is 986. The lowest BCUT2D eigenvalue weighted by atomic mass is 10.0. The molecule has 0 aliphatic rings. The highest BCUT2D eigenvalue weighted by Gasteiger charge is 2.24. The van der Waals surface area contributed by atoms with E-state index in [9.17, 15) is 9.59 Å². The van der Waals surface area contributed by atoms with Crippen molar-refractivity contribution in [2.45, 2.75) is 19.9 Å². The predicted molar refractivity (Wildman–Crippen MR) is 122 cm³/mol. The minimum absolute atomic E-state index is 0.111. The molecule has 6 nitrogen and oxygen atoms in total. The van der Waals surface area contributed by atoms with Gasteiger partial charge in [0.1, 0.15) is 18.4 Å². The van der Waals surface area contributed by atoms with Crippen LogP contribution >= 0.6 is 27.5 Å². The zero-order valence-electron chi connectivity index (χ0n) is 16.5. The van der Waals surface area contributed by atoms with E-state index in [4.69, 9.17) is 22.8 Å². The van der Waals surface area contributed by atoms with Crippen molar-refractivity contribution in [1.82, 2.24) is 10.7 Å². The number of hydrazone groups is 1. The Morgan fingerprint density at radius 3 is 2.73 bits per heavy atom. The molecule has 156 valence electrons. The third kappa shape index (κ3) is 6.90. The van der Waals surface area contributed by atoms with E-state index in [1.807, 2.05) is 19.9 Å². The number of halogens is 2. The molecule has 0 radical (unpaired) electrons. The van der Waals surface area contributed by atoms with Gasteiger partial charge in [-0.05, 0) is 42.3 Å². The summed E-state index contributed by atoms with van der Waals surface area (Å²) in [5.74, 6) is 1.92. The van der Waals surface area contributed by atoms with Crippen molar-refractivity contribution in [2.75, 3.05) is 6.61 Å². The van der Waals surface area contributed by atoms with Gasteiger partial charge in [-0.25, -0.2) is 5.43 Å². The topological polar surface area (TPSA) is 79.8 Å². The molecule has 2 rings (SSSR count). The summed E-state index contributed by atoms with van der Waals surface area (Å²) in [7, 11) is 0. The van der Waals surface area contributed by atoms with E-state index in [0.29, 0.717) is 21.9 Å². The Labute approximate surface area is 189 Å². The largest absolute Gasteiger partial charge is 0.480 e. The standard InChI is InChI=1S/C22H21BrClN3O3/c1-4-10-30-19-9-8-17(23)11-16(19)13-25-27-22(29)20(14(2)3)26-21(28)15-6-5-7-18(24)12-15/h1,5-9,11-14,20H,10H2,2-3H3,(H,26,28)(H,27,29). The van der Waals surface area contributed by atoms with Crippen molar-refractivity contribution in [1.29, 1.82) is 0 Å². The van der Waals surface area contributed by atoms with Gasteiger partial charge >= 0.3 is 0 Å². The molecule has 1 atom stereocenters. The van der Waals surface area contributed by atoms with Crippen molar-refractivity contribution in [3.8, 4) is 18.1 Å². The van der Waals surface area contributed by atoms with Crippen LogP contribution in [0.1, 0.15) is 29.8 Å². The fourth-order valence-corrected chi connectivity index (χ4v) is 3.06. The summed E-state index contributed by atoms with van der Waals surface area (Å²) in [5.41, 5.74) is 3.46. The maximum absolute atomic E-state index is 12.6. The first-order valence-electron chi connectivity index (χ1n) is 9.07. The number of nitrogens with one attached hydrogen (secondary N) is 2. The smallest absolute Gasteiger partial charge is 0.262 e. The summed E-state index contributed by atoms with van der Waals surface area (Å²) in [4.78, 5) is 25.1. The molecule has 0 aliphatic carbocycles. The molecule has 1 unspecified atom stereocenters. The Hall–Kier alpha value is -2.82. The number of hydrogen-bond donors (Lipinski definition) is 2. The third-order valence-electron chi connectivity index (χ3n) is 3.98. The third-order valence-corrected chi connectivity index (χ3v) is 4.71. The molecule has 0 saturated heterocycles. The van der Waals surface area contributed by atoms with Gasteiger partial charge in [-0.1, -0.05) is 53.4 Å². The molecule has 2 N–H and O–H groups in total. The molecule has 30 heavy (non-hydrogen) atoms. The van der Waals surface area contributed by atoms with Crippen molar-refractivity contribution < 1.29 is 14.3 Å². The van der Waals surface area contributed by atoms with Crippen molar-refractivity contribution in [3.63, 3.8) is 0 Å². The van der Waals surface area contributed by atoms with Crippen LogP contribution < -0.4 is 15.5 Å². The number of terminal acetylenes is 1. The highest BCUT2D eigenvalue weighted by Crippen LogP contribution is 2.21. The van der Waals surface area contributed by atoms with E-state index < -0.39 is 17.9 Å². The summed E-state index contributed by atoms with van der Waals surface area (Å²) in [5, 5.41) is 7.16. The fraction of sp³-hybridized carbons (Fsp3) is 0.227. The molecular formula is C22H21BrClN3O3. The van der Waals surface area contributed by atoms with Crippen molar-refractivity contribution in [3.05, 3.63) is 63.1 Å². The van der Waals surface area contributed by atoms with Gasteiger partial charge < -0.3 is 10.1 Å². The molecule has 8 heteroatoms. The van der Waals surface area contributed by atoms with E-state index >= 15 is 0 Å². The van der Waals surface area contributed by atoms with Gasteiger partial charge in [0.25, 0.3) is 11.8 Å². The Morgan fingerprint density at radius 1 is 1.30 bits per heavy atom. The van der Waals surface area contributed by atoms with Crippen LogP contribution in [0.25, 0.3) is 0 Å². The Balaban J connectivity index is 2.08. The average molecular weight is 491 g/mol. The highest BCUT2D eigenvalue weighted by molar-refractivity contribution is 9.10. The van der Waals surface area contributed by atoms with Gasteiger partial charge in [0, 0.05) is 20.6 Å². The van der Waals surface area contributed by atoms with Crippen LogP contribution in [0.5, 0.6) is 5.75 Å². The van der Waals surface area contributed by atoms with Gasteiger partial charge in [-0.3, -0.25) is 9.59 Å². The minimum atomic E-state index is -0.784. The number of hydrogen-bond acceptors (Lipinski definition) is 4. The van der Waals surface area contributed by atoms with E-state index in [1.165, 1.54) is 12.3 Å². The number of carbonyl (C=O) groups is 2. The first kappa shape index (κ1) is 23.5. The lowest BCUT2D eigenvalue weighted by molar-refractivity contribution is -0.123. The summed E-state index contributed by atoms with van der Waals surface area (Å²) in [6, 6.07) is 11.0. The van der Waals surface area contributed by atoms with Gasteiger partial charge in [0.05, 0.1) is 6.21 Å². The number of amides is 2. The molecule has 0 aromatic heterocycles. The van der Waals surface area contributed by atoms with Crippen molar-refractivity contribution in [2.24, 2.45) is 11.0 Å². The highest BCUT2D eigenvalue weighted by atomic mass is 79.9. The molecule has 0 aliphatic heterocycles. The van der Waals surface area contributed by atoms with Crippen LogP contribution in [-0.4, -0.2) is 30.7 Å². The molecule has 0 saturated carbocycles. The normalized spacial score (nSPS) is 11.7. The quantitative estimate of drug-likeness (QED) is 0.333. The Kier molecular flexibility index (Phi) is 8.90. The molecule has 0 heterocycles. The minimum Gasteiger partial charge on any atom is -0.480 e. The molecule has 0 bridgehead atoms. The molecule has 2 aromatic rings. The average Bonchev–Trinajstić information content (AvgIpc) is 2.70. The summed E-state index contributed by atoms with van der Waals surface area (Å²) in [6.45, 7) is 3.76. The van der Waals surface area contributed by atoms with Gasteiger partial charge in [0.2, 0.25) is 0 Å². The Morgan fingerprint density at radius 2 is 2.07 bits per heavy atom. The van der Waals surface area contributed by atoms with Gasteiger partial charge in [-0.15, -0.1) is 6.42 Å². The number of rotatable bonds is 8. The number of benzene rings is 2. The van der Waals surface area contributed by atoms with E-state index in [0.717, 1.165) is 4.47 Å². The predicted octanol–water partition coefficient (Wildman–Crippen LogP) is 4.02. The molecule has 2 amide bonds. The summed E-state index contributed by atoms with van der Waals surface area (Å²) < 4.78 is 6.28. The maximum atomic E-state index is 12.6. The van der Waals surface area contributed by atoms with Crippen LogP contribution in [0.3, 0.4) is 0 Å².